The number of hydrogen-bond donors (Lipinski definition) is 3. The maximum atomic E-state index is 12.5. The summed E-state index contributed by atoms with van der Waals surface area (Å²) in [7, 11) is 0. The van der Waals surface area contributed by atoms with Gasteiger partial charge >= 0.3 is 17.8 Å². The zero-order valence-corrected chi connectivity index (χ0v) is 21.1. The summed E-state index contributed by atoms with van der Waals surface area (Å²) < 4.78 is 10.5. The van der Waals surface area contributed by atoms with E-state index in [2.05, 4.69) is 16.0 Å². The number of carbonyl (C=O) groups excluding carboxylic acids is 4. The Morgan fingerprint density at radius 1 is 0.895 bits per heavy atom. The van der Waals surface area contributed by atoms with Crippen LogP contribution in [0.4, 0.5) is 11.4 Å². The van der Waals surface area contributed by atoms with Crippen molar-refractivity contribution in [2.75, 3.05) is 17.2 Å². The minimum atomic E-state index is -0.907. The van der Waals surface area contributed by atoms with E-state index >= 15 is 0 Å². The predicted molar refractivity (Wildman–Crippen MR) is 140 cm³/mol. The number of nitrogens with zero attached hydrogens (tertiary/aromatic N) is 1. The van der Waals surface area contributed by atoms with Crippen LogP contribution in [-0.4, -0.2) is 30.3 Å². The van der Waals surface area contributed by atoms with Crippen LogP contribution in [-0.2, 0) is 25.7 Å². The predicted octanol–water partition coefficient (Wildman–Crippen LogP) is 3.87. The molecule has 38 heavy (non-hydrogen) atoms. The quantitative estimate of drug-likeness (QED) is 0.179. The lowest BCUT2D eigenvalue weighted by Gasteiger charge is -2.07. The van der Waals surface area contributed by atoms with Crippen molar-refractivity contribution in [1.29, 1.82) is 5.26 Å². The van der Waals surface area contributed by atoms with Crippen LogP contribution in [0.3, 0.4) is 0 Å². The average Bonchev–Trinajstić information content (AvgIpc) is 3.35. The molecule has 194 valence electrons. The molecule has 0 aliphatic carbocycles. The van der Waals surface area contributed by atoms with E-state index in [1.807, 2.05) is 32.0 Å². The lowest BCUT2D eigenvalue weighted by atomic mass is 10.1. The summed E-state index contributed by atoms with van der Waals surface area (Å²) in [5.74, 6) is -2.35. The maximum absolute atomic E-state index is 12.5. The Morgan fingerprint density at radius 2 is 1.58 bits per heavy atom. The summed E-state index contributed by atoms with van der Waals surface area (Å²) in [6.45, 7) is 5.72. The van der Waals surface area contributed by atoms with Crippen LogP contribution in [0.25, 0.3) is 6.08 Å². The van der Waals surface area contributed by atoms with Gasteiger partial charge in [-0.3, -0.25) is 14.4 Å². The van der Waals surface area contributed by atoms with Crippen LogP contribution in [0.2, 0.25) is 0 Å². The zero-order valence-electron chi connectivity index (χ0n) is 21.1. The first-order valence-corrected chi connectivity index (χ1v) is 11.7. The first-order chi connectivity index (χ1) is 18.2. The molecule has 1 aromatic heterocycles. The Bertz CT molecular complexity index is 1430. The summed E-state index contributed by atoms with van der Waals surface area (Å²) in [5.41, 5.74) is 3.13. The molecule has 3 aromatic rings. The van der Waals surface area contributed by atoms with Crippen LogP contribution in [0, 0.1) is 25.2 Å². The summed E-state index contributed by atoms with van der Waals surface area (Å²) in [4.78, 5) is 48.5. The lowest BCUT2D eigenvalue weighted by molar-refractivity contribution is -0.136. The number of anilines is 2. The molecule has 0 fully saturated rings. The van der Waals surface area contributed by atoms with Gasteiger partial charge in [0.15, 0.2) is 0 Å². The molecule has 2 aromatic carbocycles. The van der Waals surface area contributed by atoms with Crippen molar-refractivity contribution in [2.24, 2.45) is 0 Å². The van der Waals surface area contributed by atoms with E-state index in [1.54, 1.807) is 19.1 Å². The highest BCUT2D eigenvalue weighted by Gasteiger charge is 2.16. The Morgan fingerprint density at radius 3 is 2.24 bits per heavy atom. The smallest absolute Gasteiger partial charge is 0.338 e. The van der Waals surface area contributed by atoms with Crippen molar-refractivity contribution in [3.8, 4) is 6.07 Å². The number of nitriles is 1. The number of amides is 3. The Hall–Kier alpha value is -5.17. The molecule has 0 saturated heterocycles. The second-order valence-corrected chi connectivity index (χ2v) is 8.16. The van der Waals surface area contributed by atoms with Gasteiger partial charge < -0.3 is 25.1 Å². The number of esters is 1. The standard InChI is InChI=1S/C28H26N4O6/c1-4-37-28(36)19-6-9-21(10-7-19)31-27(35)26(34)30-16-24-12-11-23(38-24)14-20(15-29)25(33)32-22-8-5-17(2)18(3)13-22/h5-14H,4,16H2,1-3H3,(H,30,34)(H,31,35)(H,32,33)/b20-14-. The van der Waals surface area contributed by atoms with E-state index in [0.29, 0.717) is 22.7 Å². The first kappa shape index (κ1) is 27.4. The third-order valence-corrected chi connectivity index (χ3v) is 5.38. The van der Waals surface area contributed by atoms with E-state index in [4.69, 9.17) is 9.15 Å². The van der Waals surface area contributed by atoms with E-state index in [9.17, 15) is 24.4 Å². The van der Waals surface area contributed by atoms with Gasteiger partial charge in [-0.2, -0.15) is 5.26 Å². The first-order valence-electron chi connectivity index (χ1n) is 11.7. The molecule has 1 heterocycles. The Balaban J connectivity index is 1.54. The van der Waals surface area contributed by atoms with Gasteiger partial charge in [-0.15, -0.1) is 0 Å². The molecular formula is C28H26N4O6. The number of rotatable bonds is 8. The minimum Gasteiger partial charge on any atom is -0.462 e. The topological polar surface area (TPSA) is 151 Å². The van der Waals surface area contributed by atoms with Crippen molar-refractivity contribution in [3.63, 3.8) is 0 Å². The van der Waals surface area contributed by atoms with Crippen molar-refractivity contribution in [3.05, 3.63) is 88.4 Å². The molecule has 0 aliphatic rings. The fourth-order valence-electron chi connectivity index (χ4n) is 3.22. The van der Waals surface area contributed by atoms with Gasteiger partial charge in [0, 0.05) is 17.5 Å². The maximum Gasteiger partial charge on any atom is 0.338 e. The lowest BCUT2D eigenvalue weighted by Crippen LogP contribution is -2.34. The third kappa shape index (κ3) is 7.41. The number of nitrogens with one attached hydrogen (secondary N) is 3. The molecule has 3 N–H and O–H groups in total. The molecule has 0 saturated carbocycles. The number of hydrogen-bond acceptors (Lipinski definition) is 7. The highest BCUT2D eigenvalue weighted by atomic mass is 16.5. The molecule has 0 aliphatic heterocycles. The van der Waals surface area contributed by atoms with Crippen molar-refractivity contribution < 1.29 is 28.3 Å². The number of ether oxygens (including phenoxy) is 1. The molecule has 0 bridgehead atoms. The minimum absolute atomic E-state index is 0.0986. The van der Waals surface area contributed by atoms with E-state index < -0.39 is 23.7 Å². The second-order valence-electron chi connectivity index (χ2n) is 8.16. The van der Waals surface area contributed by atoms with Crippen LogP contribution in [0.15, 0.2) is 64.6 Å². The summed E-state index contributed by atoms with van der Waals surface area (Å²) in [6.07, 6.45) is 1.29. The van der Waals surface area contributed by atoms with E-state index in [-0.39, 0.29) is 24.5 Å². The van der Waals surface area contributed by atoms with Gasteiger partial charge in [-0.25, -0.2) is 4.79 Å². The Kier molecular flexibility index (Phi) is 9.16. The SMILES string of the molecule is CCOC(=O)c1ccc(NC(=O)C(=O)NCc2ccc(/C=C(/C#N)C(=O)Nc3ccc(C)c(C)c3)o2)cc1. The molecular weight excluding hydrogens is 488 g/mol. The van der Waals surface area contributed by atoms with Crippen molar-refractivity contribution in [1.82, 2.24) is 5.32 Å². The van der Waals surface area contributed by atoms with E-state index in [1.165, 1.54) is 36.4 Å². The van der Waals surface area contributed by atoms with Crippen LogP contribution in [0.1, 0.15) is 39.9 Å². The third-order valence-electron chi connectivity index (χ3n) is 5.38. The fourth-order valence-corrected chi connectivity index (χ4v) is 3.22. The van der Waals surface area contributed by atoms with Crippen LogP contribution >= 0.6 is 0 Å². The van der Waals surface area contributed by atoms with E-state index in [0.717, 1.165) is 11.1 Å². The second kappa shape index (κ2) is 12.7. The number of benzene rings is 2. The molecule has 0 unspecified atom stereocenters. The largest absolute Gasteiger partial charge is 0.462 e. The molecule has 10 heteroatoms. The molecule has 0 spiro atoms. The summed E-state index contributed by atoms with van der Waals surface area (Å²) in [5, 5.41) is 17.0. The summed E-state index contributed by atoms with van der Waals surface area (Å²) in [6, 6.07) is 16.3. The monoisotopic (exact) mass is 514 g/mol. The van der Waals surface area contributed by atoms with Crippen molar-refractivity contribution in [2.45, 2.75) is 27.3 Å². The molecule has 10 nitrogen and oxygen atoms in total. The molecule has 0 radical (unpaired) electrons. The molecule has 3 amide bonds. The number of aryl methyl sites for hydroxylation is 2. The fraction of sp³-hybridized carbons (Fsp3) is 0.179. The normalized spacial score (nSPS) is 10.7. The van der Waals surface area contributed by atoms with Crippen LogP contribution in [0.5, 0.6) is 0 Å². The summed E-state index contributed by atoms with van der Waals surface area (Å²) >= 11 is 0. The highest BCUT2D eigenvalue weighted by molar-refractivity contribution is 6.39. The van der Waals surface area contributed by atoms with Gasteiger partial charge in [0.05, 0.1) is 18.7 Å². The van der Waals surface area contributed by atoms with Gasteiger partial charge in [-0.1, -0.05) is 6.07 Å². The highest BCUT2D eigenvalue weighted by Crippen LogP contribution is 2.17. The average molecular weight is 515 g/mol. The van der Waals surface area contributed by atoms with Gasteiger partial charge in [0.2, 0.25) is 0 Å². The molecule has 0 atom stereocenters. The van der Waals surface area contributed by atoms with Gasteiger partial charge in [0.1, 0.15) is 23.2 Å². The zero-order chi connectivity index (χ0) is 27.7. The van der Waals surface area contributed by atoms with Gasteiger partial charge in [0.25, 0.3) is 5.91 Å². The number of carbonyl (C=O) groups is 4. The van der Waals surface area contributed by atoms with Gasteiger partial charge in [-0.05, 0) is 80.4 Å². The molecule has 3 rings (SSSR count). The van der Waals surface area contributed by atoms with Crippen molar-refractivity contribution >= 4 is 41.1 Å². The number of furan rings is 1. The van der Waals surface area contributed by atoms with Crippen LogP contribution < -0.4 is 16.0 Å². The Labute approximate surface area is 219 Å².